The molecule has 0 radical (unpaired) electrons. The van der Waals surface area contributed by atoms with Crippen LogP contribution in [0.15, 0.2) is 12.4 Å². The van der Waals surface area contributed by atoms with E-state index in [0.29, 0.717) is 31.9 Å². The lowest BCUT2D eigenvalue weighted by molar-refractivity contribution is -0.133. The molecule has 3 rings (SSSR count). The van der Waals surface area contributed by atoms with E-state index < -0.39 is 0 Å². The van der Waals surface area contributed by atoms with Crippen LogP contribution in [0.2, 0.25) is 0 Å². The minimum absolute atomic E-state index is 0.0579. The zero-order valence-corrected chi connectivity index (χ0v) is 12.8. The Labute approximate surface area is 132 Å². The lowest BCUT2D eigenvalue weighted by Crippen LogP contribution is -2.51. The number of hydrogen-bond acceptors (Lipinski definition) is 6. The second-order valence-electron chi connectivity index (χ2n) is 5.31. The molecule has 1 saturated heterocycles. The number of carbonyl (C=O) groups excluding carboxylic acids is 2. The third-order valence-corrected chi connectivity index (χ3v) is 3.84. The maximum absolute atomic E-state index is 12.4. The number of amides is 2. The zero-order chi connectivity index (χ0) is 16.2. The predicted molar refractivity (Wildman–Crippen MR) is 78.3 cm³/mol. The van der Waals surface area contributed by atoms with Crippen LogP contribution in [0.4, 0.5) is 0 Å². The van der Waals surface area contributed by atoms with Gasteiger partial charge < -0.3 is 9.80 Å². The topological polar surface area (TPSA) is 113 Å². The standard InChI is InChI=1S/C13H18N8O2/c1-2-10-7-11(16-15-10)13(23)20-5-3-19(4-6-20)12(22)8-21-9-14-17-18-21/h7,9H,2-6,8H2,1H3,(H,15,16). The quantitative estimate of drug-likeness (QED) is 0.769. The number of piperazine rings is 1. The molecule has 2 aromatic rings. The molecule has 3 heterocycles. The Kier molecular flexibility index (Phi) is 4.31. The van der Waals surface area contributed by atoms with Crippen LogP contribution in [0.3, 0.4) is 0 Å². The molecule has 2 aromatic heterocycles. The van der Waals surface area contributed by atoms with Gasteiger partial charge in [-0.15, -0.1) is 5.10 Å². The highest BCUT2D eigenvalue weighted by atomic mass is 16.2. The van der Waals surface area contributed by atoms with Gasteiger partial charge in [-0.05, 0) is 22.9 Å². The molecule has 1 fully saturated rings. The summed E-state index contributed by atoms with van der Waals surface area (Å²) in [7, 11) is 0. The molecule has 10 nitrogen and oxygen atoms in total. The lowest BCUT2D eigenvalue weighted by Gasteiger charge is -2.34. The predicted octanol–water partition coefficient (Wildman–Crippen LogP) is -1.06. The maximum atomic E-state index is 12.4. The van der Waals surface area contributed by atoms with Crippen LogP contribution in [0, 0.1) is 0 Å². The Morgan fingerprint density at radius 2 is 1.96 bits per heavy atom. The lowest BCUT2D eigenvalue weighted by atomic mass is 10.2. The number of rotatable bonds is 4. The van der Waals surface area contributed by atoms with Gasteiger partial charge >= 0.3 is 0 Å². The van der Waals surface area contributed by atoms with Crippen LogP contribution in [-0.4, -0.2) is 78.2 Å². The van der Waals surface area contributed by atoms with Crippen molar-refractivity contribution in [3.63, 3.8) is 0 Å². The van der Waals surface area contributed by atoms with Crippen LogP contribution in [-0.2, 0) is 17.8 Å². The summed E-state index contributed by atoms with van der Waals surface area (Å²) >= 11 is 0. The van der Waals surface area contributed by atoms with Gasteiger partial charge in [0.2, 0.25) is 5.91 Å². The first-order valence-corrected chi connectivity index (χ1v) is 7.49. The van der Waals surface area contributed by atoms with Gasteiger partial charge in [0, 0.05) is 31.9 Å². The SMILES string of the molecule is CCc1cc(C(=O)N2CCN(C(=O)Cn3cnnn3)CC2)n[nH]1. The highest BCUT2D eigenvalue weighted by Gasteiger charge is 2.26. The maximum Gasteiger partial charge on any atom is 0.274 e. The second kappa shape index (κ2) is 6.55. The van der Waals surface area contributed by atoms with Crippen LogP contribution >= 0.6 is 0 Å². The molecule has 1 aliphatic heterocycles. The largest absolute Gasteiger partial charge is 0.338 e. The smallest absolute Gasteiger partial charge is 0.274 e. The fourth-order valence-corrected chi connectivity index (χ4v) is 2.46. The Hall–Kier alpha value is -2.78. The van der Waals surface area contributed by atoms with E-state index in [4.69, 9.17) is 0 Å². The highest BCUT2D eigenvalue weighted by molar-refractivity contribution is 5.92. The summed E-state index contributed by atoms with van der Waals surface area (Å²) in [6.45, 7) is 4.09. The van der Waals surface area contributed by atoms with Crippen molar-refractivity contribution in [1.29, 1.82) is 0 Å². The van der Waals surface area contributed by atoms with Crippen molar-refractivity contribution in [3.8, 4) is 0 Å². The van der Waals surface area contributed by atoms with Crippen molar-refractivity contribution in [2.75, 3.05) is 26.2 Å². The number of nitrogens with zero attached hydrogens (tertiary/aromatic N) is 7. The van der Waals surface area contributed by atoms with Crippen LogP contribution in [0.5, 0.6) is 0 Å². The van der Waals surface area contributed by atoms with Gasteiger partial charge in [-0.2, -0.15) is 5.10 Å². The first-order chi connectivity index (χ1) is 11.2. The van der Waals surface area contributed by atoms with E-state index >= 15 is 0 Å². The number of carbonyl (C=O) groups is 2. The molecule has 23 heavy (non-hydrogen) atoms. The third-order valence-electron chi connectivity index (χ3n) is 3.84. The van der Waals surface area contributed by atoms with E-state index in [0.717, 1.165) is 12.1 Å². The minimum Gasteiger partial charge on any atom is -0.338 e. The van der Waals surface area contributed by atoms with Crippen molar-refractivity contribution in [2.24, 2.45) is 0 Å². The molecular formula is C13H18N8O2. The first-order valence-electron chi connectivity index (χ1n) is 7.49. The van der Waals surface area contributed by atoms with Gasteiger partial charge in [0.25, 0.3) is 5.91 Å². The fraction of sp³-hybridized carbons (Fsp3) is 0.538. The first kappa shape index (κ1) is 15.1. The van der Waals surface area contributed by atoms with E-state index in [1.54, 1.807) is 15.9 Å². The molecule has 2 amide bonds. The van der Waals surface area contributed by atoms with Crippen molar-refractivity contribution in [2.45, 2.75) is 19.9 Å². The molecule has 1 aliphatic rings. The fourth-order valence-electron chi connectivity index (χ4n) is 2.46. The summed E-state index contributed by atoms with van der Waals surface area (Å²) in [5.41, 5.74) is 1.36. The van der Waals surface area contributed by atoms with Crippen molar-refractivity contribution in [3.05, 3.63) is 23.8 Å². The van der Waals surface area contributed by atoms with Crippen LogP contribution in [0.25, 0.3) is 0 Å². The van der Waals surface area contributed by atoms with Gasteiger partial charge in [-0.25, -0.2) is 4.68 Å². The number of nitrogens with one attached hydrogen (secondary N) is 1. The molecule has 0 bridgehead atoms. The molecule has 10 heteroatoms. The van der Waals surface area contributed by atoms with Crippen LogP contribution < -0.4 is 0 Å². The third kappa shape index (κ3) is 3.35. The number of tetrazole rings is 1. The summed E-state index contributed by atoms with van der Waals surface area (Å²) in [5, 5.41) is 17.6. The highest BCUT2D eigenvalue weighted by Crippen LogP contribution is 2.09. The average Bonchev–Trinajstić information content (AvgIpc) is 3.25. The van der Waals surface area contributed by atoms with E-state index in [9.17, 15) is 9.59 Å². The molecule has 0 aromatic carbocycles. The summed E-state index contributed by atoms with van der Waals surface area (Å²) in [6.07, 6.45) is 2.21. The normalized spacial score (nSPS) is 15.0. The average molecular weight is 318 g/mol. The number of aromatic nitrogens is 6. The minimum atomic E-state index is -0.103. The summed E-state index contributed by atoms with van der Waals surface area (Å²) in [5.74, 6) is -0.161. The van der Waals surface area contributed by atoms with Gasteiger partial charge in [-0.1, -0.05) is 6.92 Å². The van der Waals surface area contributed by atoms with Crippen molar-refractivity contribution in [1.82, 2.24) is 40.2 Å². The second-order valence-corrected chi connectivity index (χ2v) is 5.31. The van der Waals surface area contributed by atoms with E-state index in [2.05, 4.69) is 25.7 Å². The Morgan fingerprint density at radius 1 is 1.22 bits per heavy atom. The Bertz CT molecular complexity index is 672. The zero-order valence-electron chi connectivity index (χ0n) is 12.8. The summed E-state index contributed by atoms with van der Waals surface area (Å²) < 4.78 is 1.38. The van der Waals surface area contributed by atoms with Gasteiger partial charge in [-0.3, -0.25) is 14.7 Å². The van der Waals surface area contributed by atoms with Crippen LogP contribution in [0.1, 0.15) is 23.1 Å². The Balaban J connectivity index is 1.53. The molecule has 1 N–H and O–H groups in total. The molecule has 0 saturated carbocycles. The molecule has 122 valence electrons. The summed E-state index contributed by atoms with van der Waals surface area (Å²) in [6, 6.07) is 1.78. The number of aryl methyl sites for hydroxylation is 1. The van der Waals surface area contributed by atoms with Gasteiger partial charge in [0.05, 0.1) is 0 Å². The van der Waals surface area contributed by atoms with Crippen molar-refractivity contribution >= 4 is 11.8 Å². The molecule has 0 aliphatic carbocycles. The van der Waals surface area contributed by atoms with Gasteiger partial charge in [0.15, 0.2) is 0 Å². The molecular weight excluding hydrogens is 300 g/mol. The van der Waals surface area contributed by atoms with Crippen molar-refractivity contribution < 1.29 is 9.59 Å². The Morgan fingerprint density at radius 3 is 2.57 bits per heavy atom. The molecule has 0 atom stereocenters. The summed E-state index contributed by atoms with van der Waals surface area (Å²) in [4.78, 5) is 27.9. The van der Waals surface area contributed by atoms with Gasteiger partial charge in [0.1, 0.15) is 18.6 Å². The number of aromatic amines is 1. The monoisotopic (exact) mass is 318 g/mol. The number of H-pyrrole nitrogens is 1. The number of hydrogen-bond donors (Lipinski definition) is 1. The van der Waals surface area contributed by atoms with E-state index in [1.165, 1.54) is 11.0 Å². The molecule has 0 unspecified atom stereocenters. The van der Waals surface area contributed by atoms with E-state index in [-0.39, 0.29) is 18.4 Å². The van der Waals surface area contributed by atoms with E-state index in [1.807, 2.05) is 6.92 Å². The molecule has 0 spiro atoms.